The van der Waals surface area contributed by atoms with E-state index in [0.29, 0.717) is 31.9 Å². The zero-order chi connectivity index (χ0) is 15.5. The van der Waals surface area contributed by atoms with E-state index in [2.05, 4.69) is 17.9 Å². The van der Waals surface area contributed by atoms with Crippen molar-refractivity contribution in [3.8, 4) is 5.75 Å². The standard InChI is InChI=1S/C15H25N3O2S/c16-8-2-1-3-14(17)15(19)18-9-10-20-13-6-4-12(11-21)5-7-13/h4-7,14,21H,1-3,8-11,16-17H2,(H,18,19). The Morgan fingerprint density at radius 3 is 2.62 bits per heavy atom. The molecule has 1 aromatic carbocycles. The molecule has 1 unspecified atom stereocenters. The normalized spacial score (nSPS) is 12.0. The molecule has 0 aromatic heterocycles. The summed E-state index contributed by atoms with van der Waals surface area (Å²) in [5.74, 6) is 1.35. The minimum Gasteiger partial charge on any atom is -0.492 e. The lowest BCUT2D eigenvalue weighted by Crippen LogP contribution is -2.42. The molecule has 0 fully saturated rings. The largest absolute Gasteiger partial charge is 0.492 e. The first-order valence-electron chi connectivity index (χ1n) is 7.23. The molecule has 0 saturated carbocycles. The van der Waals surface area contributed by atoms with Crippen molar-refractivity contribution in [1.82, 2.24) is 5.32 Å². The highest BCUT2D eigenvalue weighted by Gasteiger charge is 2.11. The smallest absolute Gasteiger partial charge is 0.237 e. The third-order valence-corrected chi connectivity index (χ3v) is 3.45. The average Bonchev–Trinajstić information content (AvgIpc) is 2.52. The molecule has 0 saturated heterocycles. The van der Waals surface area contributed by atoms with Gasteiger partial charge in [-0.05, 0) is 37.1 Å². The van der Waals surface area contributed by atoms with Crippen LogP contribution in [0.5, 0.6) is 5.75 Å². The topological polar surface area (TPSA) is 90.4 Å². The number of thiol groups is 1. The fourth-order valence-electron chi connectivity index (χ4n) is 1.80. The van der Waals surface area contributed by atoms with E-state index in [9.17, 15) is 4.79 Å². The molecule has 0 spiro atoms. The Morgan fingerprint density at radius 2 is 2.00 bits per heavy atom. The second-order valence-electron chi connectivity index (χ2n) is 4.83. The number of nitrogens with one attached hydrogen (secondary N) is 1. The van der Waals surface area contributed by atoms with Crippen LogP contribution in [-0.4, -0.2) is 31.6 Å². The van der Waals surface area contributed by atoms with Gasteiger partial charge >= 0.3 is 0 Å². The van der Waals surface area contributed by atoms with Crippen LogP contribution >= 0.6 is 12.6 Å². The number of amides is 1. The Balaban J connectivity index is 2.16. The number of rotatable bonds is 10. The van der Waals surface area contributed by atoms with Gasteiger partial charge in [-0.3, -0.25) is 4.79 Å². The summed E-state index contributed by atoms with van der Waals surface area (Å²) >= 11 is 4.19. The van der Waals surface area contributed by atoms with Gasteiger partial charge in [0.1, 0.15) is 12.4 Å². The fourth-order valence-corrected chi connectivity index (χ4v) is 2.02. The van der Waals surface area contributed by atoms with Crippen LogP contribution in [-0.2, 0) is 10.5 Å². The lowest BCUT2D eigenvalue weighted by Gasteiger charge is -2.12. The highest BCUT2D eigenvalue weighted by atomic mass is 32.1. The number of hydrogen-bond acceptors (Lipinski definition) is 5. The Labute approximate surface area is 131 Å². The van der Waals surface area contributed by atoms with Crippen LogP contribution in [0, 0.1) is 0 Å². The first-order chi connectivity index (χ1) is 10.2. The summed E-state index contributed by atoms with van der Waals surface area (Å²) < 4.78 is 5.54. The third kappa shape index (κ3) is 7.36. The maximum Gasteiger partial charge on any atom is 0.237 e. The van der Waals surface area contributed by atoms with Crippen LogP contribution in [0.2, 0.25) is 0 Å². The molecule has 0 aliphatic carbocycles. The Morgan fingerprint density at radius 1 is 1.29 bits per heavy atom. The number of ether oxygens (including phenoxy) is 1. The summed E-state index contributed by atoms with van der Waals surface area (Å²) in [4.78, 5) is 11.7. The number of carbonyl (C=O) groups is 1. The van der Waals surface area contributed by atoms with Crippen LogP contribution in [0.3, 0.4) is 0 Å². The highest BCUT2D eigenvalue weighted by molar-refractivity contribution is 7.79. The summed E-state index contributed by atoms with van der Waals surface area (Å²) in [7, 11) is 0. The van der Waals surface area contributed by atoms with E-state index < -0.39 is 6.04 Å². The molecule has 5 nitrogen and oxygen atoms in total. The number of hydrogen-bond donors (Lipinski definition) is 4. The molecular formula is C15H25N3O2S. The molecule has 6 heteroatoms. The van der Waals surface area contributed by atoms with Crippen molar-refractivity contribution in [3.05, 3.63) is 29.8 Å². The van der Waals surface area contributed by atoms with Crippen LogP contribution < -0.4 is 21.5 Å². The van der Waals surface area contributed by atoms with Crippen molar-refractivity contribution in [2.75, 3.05) is 19.7 Å². The van der Waals surface area contributed by atoms with E-state index in [4.69, 9.17) is 16.2 Å². The van der Waals surface area contributed by atoms with Gasteiger partial charge in [0, 0.05) is 5.75 Å². The molecule has 118 valence electrons. The molecule has 0 heterocycles. The molecule has 1 atom stereocenters. The van der Waals surface area contributed by atoms with Crippen molar-refractivity contribution < 1.29 is 9.53 Å². The van der Waals surface area contributed by atoms with Gasteiger partial charge in [0.05, 0.1) is 12.6 Å². The van der Waals surface area contributed by atoms with Crippen molar-refractivity contribution in [2.24, 2.45) is 11.5 Å². The van der Waals surface area contributed by atoms with Gasteiger partial charge in [-0.1, -0.05) is 18.6 Å². The number of unbranched alkanes of at least 4 members (excludes halogenated alkanes) is 1. The van der Waals surface area contributed by atoms with Crippen molar-refractivity contribution in [2.45, 2.75) is 31.1 Å². The Kier molecular flexibility index (Phi) is 8.89. The maximum absolute atomic E-state index is 11.7. The minimum atomic E-state index is -0.466. The molecule has 0 bridgehead atoms. The van der Waals surface area contributed by atoms with Gasteiger partial charge < -0.3 is 21.5 Å². The van der Waals surface area contributed by atoms with Crippen LogP contribution in [0.1, 0.15) is 24.8 Å². The van der Waals surface area contributed by atoms with E-state index >= 15 is 0 Å². The first kappa shape index (κ1) is 17.8. The molecule has 21 heavy (non-hydrogen) atoms. The molecule has 0 aliphatic heterocycles. The predicted octanol–water partition coefficient (Wildman–Crippen LogP) is 1.07. The van der Waals surface area contributed by atoms with Gasteiger partial charge in [0.25, 0.3) is 0 Å². The zero-order valence-electron chi connectivity index (χ0n) is 12.3. The third-order valence-electron chi connectivity index (χ3n) is 3.08. The molecule has 5 N–H and O–H groups in total. The van der Waals surface area contributed by atoms with Gasteiger partial charge in [0.15, 0.2) is 0 Å². The van der Waals surface area contributed by atoms with Crippen LogP contribution in [0.15, 0.2) is 24.3 Å². The SMILES string of the molecule is NCCCCC(N)C(=O)NCCOc1ccc(CS)cc1. The van der Waals surface area contributed by atoms with E-state index in [1.165, 1.54) is 0 Å². The van der Waals surface area contributed by atoms with E-state index in [1.54, 1.807) is 0 Å². The number of nitrogens with two attached hydrogens (primary N) is 2. The van der Waals surface area contributed by atoms with Gasteiger partial charge in [-0.25, -0.2) is 0 Å². The van der Waals surface area contributed by atoms with Gasteiger partial charge in [-0.15, -0.1) is 0 Å². The van der Waals surface area contributed by atoms with Crippen molar-refractivity contribution in [3.63, 3.8) is 0 Å². The molecule has 1 rings (SSSR count). The zero-order valence-corrected chi connectivity index (χ0v) is 13.1. The van der Waals surface area contributed by atoms with Crippen molar-refractivity contribution in [1.29, 1.82) is 0 Å². The van der Waals surface area contributed by atoms with Gasteiger partial charge in [0.2, 0.25) is 5.91 Å². The second-order valence-corrected chi connectivity index (χ2v) is 5.15. The first-order valence-corrected chi connectivity index (χ1v) is 7.86. The monoisotopic (exact) mass is 311 g/mol. The molecular weight excluding hydrogens is 286 g/mol. The summed E-state index contributed by atoms with van der Waals surface area (Å²) in [6.07, 6.45) is 2.43. The lowest BCUT2D eigenvalue weighted by molar-refractivity contribution is -0.122. The number of benzene rings is 1. The van der Waals surface area contributed by atoms with Crippen LogP contribution in [0.4, 0.5) is 0 Å². The minimum absolute atomic E-state index is 0.138. The molecule has 1 amide bonds. The predicted molar refractivity (Wildman–Crippen MR) is 88.5 cm³/mol. The van der Waals surface area contributed by atoms with E-state index in [0.717, 1.165) is 24.2 Å². The van der Waals surface area contributed by atoms with Crippen LogP contribution in [0.25, 0.3) is 0 Å². The van der Waals surface area contributed by atoms with E-state index in [1.807, 2.05) is 24.3 Å². The average molecular weight is 311 g/mol. The summed E-state index contributed by atoms with van der Waals surface area (Å²) in [6, 6.07) is 7.26. The number of carbonyl (C=O) groups excluding carboxylic acids is 1. The summed E-state index contributed by atoms with van der Waals surface area (Å²) in [5, 5.41) is 2.77. The van der Waals surface area contributed by atoms with E-state index in [-0.39, 0.29) is 5.91 Å². The molecule has 0 radical (unpaired) electrons. The summed E-state index contributed by atoms with van der Waals surface area (Å²) in [6.45, 7) is 1.49. The quantitative estimate of drug-likeness (QED) is 0.384. The lowest BCUT2D eigenvalue weighted by atomic mass is 10.1. The molecule has 0 aliphatic rings. The summed E-state index contributed by atoms with van der Waals surface area (Å²) in [5.41, 5.74) is 12.3. The fraction of sp³-hybridized carbons (Fsp3) is 0.533. The molecule has 1 aromatic rings. The van der Waals surface area contributed by atoms with Crippen molar-refractivity contribution >= 4 is 18.5 Å². The Hall–Kier alpha value is -1.24. The highest BCUT2D eigenvalue weighted by Crippen LogP contribution is 2.12. The Bertz CT molecular complexity index is 412. The van der Waals surface area contributed by atoms with Gasteiger partial charge in [-0.2, -0.15) is 12.6 Å². The second kappa shape index (κ2) is 10.5. The maximum atomic E-state index is 11.7.